The van der Waals surface area contributed by atoms with Crippen molar-refractivity contribution in [2.75, 3.05) is 32.9 Å². The van der Waals surface area contributed by atoms with E-state index in [0.29, 0.717) is 0 Å². The van der Waals surface area contributed by atoms with Gasteiger partial charge in [0.1, 0.15) is 5.50 Å². The number of hydrogen-bond acceptors (Lipinski definition) is 6. The maximum Gasteiger partial charge on any atom is 0.170 e. The lowest BCUT2D eigenvalue weighted by atomic mass is 10.0. The van der Waals surface area contributed by atoms with Gasteiger partial charge < -0.3 is 19.9 Å². The molecule has 3 rings (SSSR count). The zero-order chi connectivity index (χ0) is 11.7. The average Bonchev–Trinajstić information content (AvgIpc) is 3.00. The molecule has 0 aromatic carbocycles. The molecule has 3 aliphatic heterocycles. The fourth-order valence-electron chi connectivity index (χ4n) is 2.52. The molecule has 0 radical (unpaired) electrons. The molecule has 3 heterocycles. The Hall–Kier alpha value is -0.270. The van der Waals surface area contributed by atoms with E-state index in [2.05, 4.69) is 10.2 Å². The van der Waals surface area contributed by atoms with Crippen molar-refractivity contribution < 1.29 is 14.6 Å². The normalized spacial score (nSPS) is 32.8. The van der Waals surface area contributed by atoms with E-state index in [1.165, 1.54) is 0 Å². The molecule has 2 N–H and O–H groups in total. The van der Waals surface area contributed by atoms with Gasteiger partial charge >= 0.3 is 0 Å². The molecule has 2 fully saturated rings. The first-order valence-corrected chi connectivity index (χ1v) is 6.99. The van der Waals surface area contributed by atoms with Gasteiger partial charge in [-0.2, -0.15) is 0 Å². The zero-order valence-corrected chi connectivity index (χ0v) is 10.5. The predicted octanol–water partition coefficient (Wildman–Crippen LogP) is 0.279. The summed E-state index contributed by atoms with van der Waals surface area (Å²) in [6.07, 6.45) is 1.86. The van der Waals surface area contributed by atoms with Crippen molar-refractivity contribution in [3.63, 3.8) is 0 Å². The molecule has 1 unspecified atom stereocenters. The molecule has 0 saturated carbocycles. The van der Waals surface area contributed by atoms with E-state index in [-0.39, 0.29) is 17.9 Å². The molecule has 1 spiro atoms. The van der Waals surface area contributed by atoms with Crippen molar-refractivity contribution in [2.45, 2.75) is 24.1 Å². The Morgan fingerprint density at radius 1 is 1.41 bits per heavy atom. The number of rotatable bonds is 2. The topological polar surface area (TPSA) is 54.0 Å². The fraction of sp³-hybridized carbons (Fsp3) is 0.818. The maximum atomic E-state index is 9.05. The summed E-state index contributed by atoms with van der Waals surface area (Å²) < 4.78 is 11.4. The summed E-state index contributed by atoms with van der Waals surface area (Å²) in [6.45, 7) is 3.49. The minimum atomic E-state index is -0.299. The molecular weight excluding hydrogens is 240 g/mol. The van der Waals surface area contributed by atoms with E-state index in [1.807, 2.05) is 5.41 Å². The third-order valence-electron chi connectivity index (χ3n) is 3.52. The van der Waals surface area contributed by atoms with Gasteiger partial charge in [0, 0.05) is 31.6 Å². The van der Waals surface area contributed by atoms with Crippen LogP contribution in [0.25, 0.3) is 0 Å². The van der Waals surface area contributed by atoms with Crippen LogP contribution < -0.4 is 5.32 Å². The Morgan fingerprint density at radius 3 is 2.71 bits per heavy atom. The summed E-state index contributed by atoms with van der Waals surface area (Å²) in [4.78, 5) is 2.38. The van der Waals surface area contributed by atoms with Crippen LogP contribution in [0.4, 0.5) is 0 Å². The Kier molecular flexibility index (Phi) is 3.32. The van der Waals surface area contributed by atoms with Gasteiger partial charge in [0.05, 0.1) is 19.8 Å². The van der Waals surface area contributed by atoms with Gasteiger partial charge in [0.25, 0.3) is 0 Å². The molecule has 0 aliphatic carbocycles. The maximum absolute atomic E-state index is 9.05. The van der Waals surface area contributed by atoms with Crippen molar-refractivity contribution in [3.8, 4) is 0 Å². The van der Waals surface area contributed by atoms with Crippen molar-refractivity contribution in [1.29, 1.82) is 0 Å². The first kappa shape index (κ1) is 11.8. The van der Waals surface area contributed by atoms with Crippen LogP contribution in [0.3, 0.4) is 0 Å². The molecule has 17 heavy (non-hydrogen) atoms. The minimum Gasteiger partial charge on any atom is -0.390 e. The molecular formula is C11H18N2O3S. The van der Waals surface area contributed by atoms with Crippen molar-refractivity contribution in [3.05, 3.63) is 11.1 Å². The summed E-state index contributed by atoms with van der Waals surface area (Å²) >= 11 is 1.72. The minimum absolute atomic E-state index is 0.0908. The lowest BCUT2D eigenvalue weighted by Gasteiger charge is -2.39. The van der Waals surface area contributed by atoms with Crippen LogP contribution in [0.1, 0.15) is 12.8 Å². The SMILES string of the molecule is OCC1=CSC(N2CCC3(CC2)OCCO3)N1. The highest BCUT2D eigenvalue weighted by Gasteiger charge is 2.41. The number of thioether (sulfide) groups is 1. The second-order valence-corrected chi connectivity index (χ2v) is 5.53. The van der Waals surface area contributed by atoms with Crippen LogP contribution in [0.15, 0.2) is 11.1 Å². The standard InChI is InChI=1S/C11H18N2O3S/c14-7-9-8-17-10(12-9)13-3-1-11(2-4-13)15-5-6-16-11/h8,10,12,14H,1-7H2. The van der Waals surface area contributed by atoms with E-state index in [1.54, 1.807) is 11.8 Å². The first-order chi connectivity index (χ1) is 8.31. The summed E-state index contributed by atoms with van der Waals surface area (Å²) in [6, 6.07) is 0. The average molecular weight is 258 g/mol. The Balaban J connectivity index is 1.52. The quantitative estimate of drug-likeness (QED) is 0.742. The largest absolute Gasteiger partial charge is 0.390 e. The number of nitrogens with zero attached hydrogens (tertiary/aromatic N) is 1. The van der Waals surface area contributed by atoms with Gasteiger partial charge in [-0.25, -0.2) is 0 Å². The van der Waals surface area contributed by atoms with Crippen LogP contribution in [0.5, 0.6) is 0 Å². The van der Waals surface area contributed by atoms with Crippen molar-refractivity contribution >= 4 is 11.8 Å². The molecule has 2 saturated heterocycles. The lowest BCUT2D eigenvalue weighted by Crippen LogP contribution is -2.50. The highest BCUT2D eigenvalue weighted by atomic mass is 32.2. The van der Waals surface area contributed by atoms with E-state index in [9.17, 15) is 0 Å². The van der Waals surface area contributed by atoms with E-state index < -0.39 is 0 Å². The van der Waals surface area contributed by atoms with Crippen molar-refractivity contribution in [2.24, 2.45) is 0 Å². The highest BCUT2D eigenvalue weighted by molar-refractivity contribution is 8.02. The summed E-state index contributed by atoms with van der Waals surface area (Å²) in [5, 5.41) is 14.4. The number of aliphatic hydroxyl groups excluding tert-OH is 1. The second-order valence-electron chi connectivity index (χ2n) is 4.58. The molecule has 0 aromatic heterocycles. The number of likely N-dealkylation sites (tertiary alicyclic amines) is 1. The van der Waals surface area contributed by atoms with Gasteiger partial charge in [0.15, 0.2) is 5.79 Å². The summed E-state index contributed by atoms with van der Waals surface area (Å²) in [5.41, 5.74) is 1.17. The number of hydrogen-bond donors (Lipinski definition) is 2. The number of ether oxygens (including phenoxy) is 2. The van der Waals surface area contributed by atoms with Crippen LogP contribution in [-0.4, -0.2) is 54.2 Å². The molecule has 1 atom stereocenters. The molecule has 6 heteroatoms. The predicted molar refractivity (Wildman–Crippen MR) is 65.1 cm³/mol. The van der Waals surface area contributed by atoms with E-state index in [4.69, 9.17) is 14.6 Å². The van der Waals surface area contributed by atoms with Gasteiger partial charge in [0.2, 0.25) is 0 Å². The lowest BCUT2D eigenvalue weighted by molar-refractivity contribution is -0.186. The summed E-state index contributed by atoms with van der Waals surface area (Å²) in [5.74, 6) is -0.299. The van der Waals surface area contributed by atoms with Crippen LogP contribution >= 0.6 is 11.8 Å². The van der Waals surface area contributed by atoms with Gasteiger partial charge in [-0.05, 0) is 5.41 Å². The monoisotopic (exact) mass is 258 g/mol. The van der Waals surface area contributed by atoms with Crippen molar-refractivity contribution in [1.82, 2.24) is 10.2 Å². The van der Waals surface area contributed by atoms with Crippen LogP contribution in [0.2, 0.25) is 0 Å². The fourth-order valence-corrected chi connectivity index (χ4v) is 3.56. The Morgan fingerprint density at radius 2 is 2.12 bits per heavy atom. The Bertz CT molecular complexity index is 308. The Labute approximate surface area is 105 Å². The third kappa shape index (κ3) is 2.32. The highest BCUT2D eigenvalue weighted by Crippen LogP contribution is 2.34. The number of nitrogens with one attached hydrogen (secondary N) is 1. The number of piperidine rings is 1. The molecule has 5 nitrogen and oxygen atoms in total. The second kappa shape index (κ2) is 4.78. The molecule has 3 aliphatic rings. The van der Waals surface area contributed by atoms with Crippen LogP contribution in [-0.2, 0) is 9.47 Å². The smallest absolute Gasteiger partial charge is 0.170 e. The van der Waals surface area contributed by atoms with E-state index >= 15 is 0 Å². The molecule has 0 bridgehead atoms. The molecule has 0 aromatic rings. The molecule has 96 valence electrons. The number of aliphatic hydroxyl groups is 1. The zero-order valence-electron chi connectivity index (χ0n) is 9.72. The first-order valence-electron chi connectivity index (χ1n) is 6.05. The molecule has 0 amide bonds. The van der Waals surface area contributed by atoms with Gasteiger partial charge in [-0.3, -0.25) is 4.90 Å². The van der Waals surface area contributed by atoms with Crippen LogP contribution in [0, 0.1) is 0 Å². The van der Waals surface area contributed by atoms with E-state index in [0.717, 1.165) is 44.8 Å². The van der Waals surface area contributed by atoms with Gasteiger partial charge in [-0.1, -0.05) is 11.8 Å². The summed E-state index contributed by atoms with van der Waals surface area (Å²) in [7, 11) is 0. The van der Waals surface area contributed by atoms with Gasteiger partial charge in [-0.15, -0.1) is 0 Å². The third-order valence-corrected chi connectivity index (χ3v) is 4.62.